The topological polar surface area (TPSA) is 95.4 Å². The van der Waals surface area contributed by atoms with E-state index in [2.05, 4.69) is 39.9 Å². The lowest BCUT2D eigenvalue weighted by atomic mass is 10.1. The average Bonchev–Trinajstić information content (AvgIpc) is 3.58. The van der Waals surface area contributed by atoms with Gasteiger partial charge in [0.25, 0.3) is 5.91 Å². The minimum absolute atomic E-state index is 0.0319. The normalized spacial score (nSPS) is 17.8. The fourth-order valence-corrected chi connectivity index (χ4v) is 5.76. The Balaban J connectivity index is 1.26. The zero-order chi connectivity index (χ0) is 28.8. The molecule has 0 spiro atoms. The minimum Gasteiger partial charge on any atom is -0.444 e. The lowest BCUT2D eigenvalue weighted by Crippen LogP contribution is -2.41. The Morgan fingerprint density at radius 3 is 2.66 bits per heavy atom. The SMILES string of the molecule is CC(C)(C)OC(=O)NC1CCN(C(=O)c2cc3c(s2)/C=C\CC=NC(Nc2cccc(-c4ccccc4)c2)=NC3)C1. The van der Waals surface area contributed by atoms with Gasteiger partial charge in [-0.05, 0) is 68.2 Å². The van der Waals surface area contributed by atoms with Gasteiger partial charge in [-0.2, -0.15) is 0 Å². The maximum absolute atomic E-state index is 13.4. The van der Waals surface area contributed by atoms with E-state index in [0.717, 1.165) is 27.3 Å². The van der Waals surface area contributed by atoms with E-state index in [0.29, 0.717) is 43.3 Å². The van der Waals surface area contributed by atoms with Crippen LogP contribution in [0.4, 0.5) is 10.5 Å². The van der Waals surface area contributed by atoms with Gasteiger partial charge in [0.05, 0.1) is 17.5 Å². The van der Waals surface area contributed by atoms with Crippen molar-refractivity contribution >= 4 is 47.3 Å². The zero-order valence-corrected chi connectivity index (χ0v) is 24.4. The average molecular weight is 570 g/mol. The minimum atomic E-state index is -0.563. The molecule has 0 bridgehead atoms. The number of allylic oxidation sites excluding steroid dienone is 1. The molecule has 2 aromatic carbocycles. The molecule has 0 radical (unpaired) electrons. The Bertz CT molecular complexity index is 1490. The number of hydrogen-bond donors (Lipinski definition) is 2. The Hall–Kier alpha value is -4.24. The quantitative estimate of drug-likeness (QED) is 0.370. The van der Waals surface area contributed by atoms with Gasteiger partial charge in [0.2, 0.25) is 5.96 Å². The van der Waals surface area contributed by atoms with Crippen molar-refractivity contribution in [1.29, 1.82) is 0 Å². The van der Waals surface area contributed by atoms with E-state index < -0.39 is 11.7 Å². The number of aliphatic imine (C=N–C) groups is 2. The Morgan fingerprint density at radius 1 is 1.05 bits per heavy atom. The van der Waals surface area contributed by atoms with Gasteiger partial charge in [-0.25, -0.2) is 14.8 Å². The van der Waals surface area contributed by atoms with E-state index >= 15 is 0 Å². The molecule has 41 heavy (non-hydrogen) atoms. The van der Waals surface area contributed by atoms with Crippen LogP contribution in [0.3, 0.4) is 0 Å². The number of rotatable bonds is 4. The Kier molecular flexibility index (Phi) is 8.64. The van der Waals surface area contributed by atoms with Gasteiger partial charge in [-0.15, -0.1) is 11.3 Å². The van der Waals surface area contributed by atoms with Crippen LogP contribution in [0.15, 0.2) is 76.7 Å². The molecule has 9 heteroatoms. The number of benzene rings is 2. The number of guanidine groups is 1. The molecule has 2 aliphatic heterocycles. The highest BCUT2D eigenvalue weighted by atomic mass is 32.1. The number of alkyl carbamates (subject to hydrolysis) is 1. The first-order valence-corrected chi connectivity index (χ1v) is 14.6. The van der Waals surface area contributed by atoms with Crippen molar-refractivity contribution in [2.45, 2.75) is 51.8 Å². The first-order chi connectivity index (χ1) is 19.7. The molecule has 1 aromatic heterocycles. The van der Waals surface area contributed by atoms with Gasteiger partial charge in [0.1, 0.15) is 5.60 Å². The van der Waals surface area contributed by atoms with E-state index in [1.165, 1.54) is 11.3 Å². The van der Waals surface area contributed by atoms with Crippen LogP contribution in [-0.2, 0) is 11.3 Å². The molecule has 8 nitrogen and oxygen atoms in total. The summed E-state index contributed by atoms with van der Waals surface area (Å²) < 4.78 is 5.36. The number of nitrogens with one attached hydrogen (secondary N) is 2. The number of carbonyl (C=O) groups is 2. The van der Waals surface area contributed by atoms with Gasteiger partial charge in [-0.3, -0.25) is 4.79 Å². The summed E-state index contributed by atoms with van der Waals surface area (Å²) in [5.41, 5.74) is 3.57. The van der Waals surface area contributed by atoms with E-state index in [1.807, 2.05) is 75.5 Å². The summed E-state index contributed by atoms with van der Waals surface area (Å²) in [7, 11) is 0. The van der Waals surface area contributed by atoms with Crippen LogP contribution in [-0.4, -0.2) is 53.8 Å². The molecule has 2 amide bonds. The standard InChI is InChI=1S/C32H35N5O3S/c1-32(2,3)40-31(39)36-26-15-17-37(21-26)29(38)28-19-24-20-34-30(33-16-8-7-14-27(24)41-28)35-25-13-9-12-23(18-25)22-10-5-4-6-11-22/h4-7,9-14,16,18-19,26H,8,15,17,20-21H2,1-3H3,(H,34,35)(H,36,39)/b14-7-,33-16?. The summed E-state index contributed by atoms with van der Waals surface area (Å²) in [6.07, 6.45) is 6.80. The second-order valence-corrected chi connectivity index (χ2v) is 12.1. The number of fused-ring (bicyclic) bond motifs is 1. The molecule has 1 fully saturated rings. The van der Waals surface area contributed by atoms with E-state index in [4.69, 9.17) is 9.73 Å². The van der Waals surface area contributed by atoms with Crippen LogP contribution in [0, 0.1) is 0 Å². The van der Waals surface area contributed by atoms with E-state index in [-0.39, 0.29) is 11.9 Å². The highest BCUT2D eigenvalue weighted by Gasteiger charge is 2.30. The number of likely N-dealkylation sites (tertiary alicyclic amines) is 1. The van der Waals surface area contributed by atoms with Gasteiger partial charge in [0, 0.05) is 36.3 Å². The van der Waals surface area contributed by atoms with E-state index in [9.17, 15) is 9.59 Å². The lowest BCUT2D eigenvalue weighted by Gasteiger charge is -2.22. The monoisotopic (exact) mass is 569 g/mol. The molecule has 5 rings (SSSR count). The second kappa shape index (κ2) is 12.5. The molecule has 0 saturated carbocycles. The second-order valence-electron chi connectivity index (χ2n) is 11.0. The molecule has 0 aliphatic carbocycles. The van der Waals surface area contributed by atoms with Crippen LogP contribution in [0.5, 0.6) is 0 Å². The predicted molar refractivity (Wildman–Crippen MR) is 167 cm³/mol. The van der Waals surface area contributed by atoms with Crippen molar-refractivity contribution in [1.82, 2.24) is 10.2 Å². The van der Waals surface area contributed by atoms with Gasteiger partial charge < -0.3 is 20.3 Å². The predicted octanol–water partition coefficient (Wildman–Crippen LogP) is 6.61. The summed E-state index contributed by atoms with van der Waals surface area (Å²) in [4.78, 5) is 38.3. The molecule has 1 unspecified atom stereocenters. The van der Waals surface area contributed by atoms with Crippen molar-refractivity contribution in [3.05, 3.63) is 82.1 Å². The van der Waals surface area contributed by atoms with Gasteiger partial charge in [0.15, 0.2) is 0 Å². The molecule has 3 heterocycles. The summed E-state index contributed by atoms with van der Waals surface area (Å²) in [5, 5.41) is 6.25. The largest absolute Gasteiger partial charge is 0.444 e. The van der Waals surface area contributed by atoms with Crippen LogP contribution in [0.25, 0.3) is 17.2 Å². The number of ether oxygens (including phenoxy) is 1. The summed E-state index contributed by atoms with van der Waals surface area (Å²) in [6.45, 7) is 6.92. The molecular formula is C32H35N5O3S. The fourth-order valence-electron chi connectivity index (χ4n) is 4.69. The lowest BCUT2D eigenvalue weighted by molar-refractivity contribution is 0.0502. The number of thiophene rings is 1. The van der Waals surface area contributed by atoms with Gasteiger partial charge >= 0.3 is 6.09 Å². The highest BCUT2D eigenvalue weighted by Crippen LogP contribution is 2.28. The Labute approximate surface area is 244 Å². The number of nitrogens with zero attached hydrogens (tertiary/aromatic N) is 3. The molecule has 1 atom stereocenters. The van der Waals surface area contributed by atoms with E-state index in [1.54, 1.807) is 4.90 Å². The van der Waals surface area contributed by atoms with Crippen molar-refractivity contribution in [2.75, 3.05) is 18.4 Å². The number of anilines is 1. The smallest absolute Gasteiger partial charge is 0.407 e. The zero-order valence-electron chi connectivity index (χ0n) is 23.6. The molecule has 2 aliphatic rings. The third-order valence-corrected chi connectivity index (χ3v) is 7.73. The molecule has 2 N–H and O–H groups in total. The molecular weight excluding hydrogens is 534 g/mol. The third-order valence-electron chi connectivity index (χ3n) is 6.60. The first kappa shape index (κ1) is 28.3. The number of carbonyl (C=O) groups excluding carboxylic acids is 2. The summed E-state index contributed by atoms with van der Waals surface area (Å²) >= 11 is 1.47. The van der Waals surface area contributed by atoms with Crippen LogP contribution in [0.1, 0.15) is 53.7 Å². The number of hydrogen-bond acceptors (Lipinski definition) is 7. The maximum Gasteiger partial charge on any atom is 0.407 e. The highest BCUT2D eigenvalue weighted by molar-refractivity contribution is 7.15. The summed E-state index contributed by atoms with van der Waals surface area (Å²) in [6, 6.07) is 20.2. The Morgan fingerprint density at radius 2 is 1.85 bits per heavy atom. The first-order valence-electron chi connectivity index (χ1n) is 13.8. The van der Waals surface area contributed by atoms with Crippen LogP contribution in [0.2, 0.25) is 0 Å². The van der Waals surface area contributed by atoms with Crippen molar-refractivity contribution in [2.24, 2.45) is 9.98 Å². The molecule has 1 saturated heterocycles. The molecule has 212 valence electrons. The van der Waals surface area contributed by atoms with Crippen molar-refractivity contribution in [3.63, 3.8) is 0 Å². The van der Waals surface area contributed by atoms with Crippen molar-refractivity contribution < 1.29 is 14.3 Å². The molecule has 3 aromatic rings. The van der Waals surface area contributed by atoms with Crippen molar-refractivity contribution in [3.8, 4) is 11.1 Å². The number of amides is 2. The third kappa shape index (κ3) is 7.70. The van der Waals surface area contributed by atoms with Gasteiger partial charge in [-0.1, -0.05) is 48.5 Å². The van der Waals surface area contributed by atoms with Crippen LogP contribution >= 0.6 is 11.3 Å². The van der Waals surface area contributed by atoms with Crippen LogP contribution < -0.4 is 10.6 Å². The summed E-state index contributed by atoms with van der Waals surface area (Å²) in [5.74, 6) is 0.488. The fraction of sp³-hybridized carbons (Fsp3) is 0.312. The maximum atomic E-state index is 13.4.